The van der Waals surface area contributed by atoms with Gasteiger partial charge < -0.3 is 19.7 Å². The van der Waals surface area contributed by atoms with Gasteiger partial charge in [0.05, 0.1) is 11.3 Å². The van der Waals surface area contributed by atoms with Gasteiger partial charge in [0.2, 0.25) is 0 Å². The first-order valence-corrected chi connectivity index (χ1v) is 14.1. The van der Waals surface area contributed by atoms with Gasteiger partial charge in [-0.25, -0.2) is 9.37 Å². The van der Waals surface area contributed by atoms with E-state index in [1.807, 2.05) is 13.1 Å². The number of aromatic nitrogens is 2. The van der Waals surface area contributed by atoms with Crippen molar-refractivity contribution in [1.29, 1.82) is 0 Å². The Morgan fingerprint density at radius 2 is 1.85 bits per heavy atom. The topological polar surface area (TPSA) is 48.7 Å². The van der Waals surface area contributed by atoms with E-state index < -0.39 is 17.6 Å². The lowest BCUT2D eigenvalue weighted by Gasteiger charge is -2.34. The van der Waals surface area contributed by atoms with E-state index in [-0.39, 0.29) is 11.5 Å². The molecule has 218 valence electrons. The Bertz CT molecular complexity index is 1240. The molecular weight excluding hydrogens is 544 g/mol. The molecule has 0 aliphatic carbocycles. The second-order valence-corrected chi connectivity index (χ2v) is 10.7. The molecule has 2 aliphatic heterocycles. The molecule has 0 saturated carbocycles. The van der Waals surface area contributed by atoms with Gasteiger partial charge in [-0.3, -0.25) is 4.99 Å². The highest BCUT2D eigenvalue weighted by Crippen LogP contribution is 2.36. The summed E-state index contributed by atoms with van der Waals surface area (Å²) < 4.78 is 56.3. The van der Waals surface area contributed by atoms with Gasteiger partial charge in [0.15, 0.2) is 0 Å². The molecule has 2 aromatic rings. The quantitative estimate of drug-likeness (QED) is 0.217. The van der Waals surface area contributed by atoms with Crippen LogP contribution in [-0.4, -0.2) is 65.0 Å². The number of piperidine rings is 2. The zero-order valence-electron chi connectivity index (χ0n) is 23.1. The average molecular weight is 581 g/mol. The Balaban J connectivity index is 1.58. The molecule has 0 spiro atoms. The molecule has 11 heteroatoms. The molecule has 6 nitrogen and oxygen atoms in total. The number of amidine groups is 1. The molecule has 4 rings (SSSR count). The summed E-state index contributed by atoms with van der Waals surface area (Å²) in [7, 11) is 1.66. The van der Waals surface area contributed by atoms with E-state index in [2.05, 4.69) is 31.3 Å². The normalized spacial score (nSPS) is 18.6. The van der Waals surface area contributed by atoms with Crippen molar-refractivity contribution in [3.05, 3.63) is 65.1 Å². The molecule has 3 heterocycles. The first kappa shape index (κ1) is 30.1. The maximum Gasteiger partial charge on any atom is 0.419 e. The minimum atomic E-state index is -4.78. The number of alkyl halides is 3. The van der Waals surface area contributed by atoms with Crippen LogP contribution in [0.1, 0.15) is 56.3 Å². The average Bonchev–Trinajstić information content (AvgIpc) is 3.38. The summed E-state index contributed by atoms with van der Waals surface area (Å²) in [5.41, 5.74) is 0.328. The predicted molar refractivity (Wildman–Crippen MR) is 152 cm³/mol. The second-order valence-electron chi connectivity index (χ2n) is 10.4. The van der Waals surface area contributed by atoms with Crippen LogP contribution >= 0.6 is 11.6 Å². The van der Waals surface area contributed by atoms with Crippen LogP contribution in [0, 0.1) is 5.82 Å². The van der Waals surface area contributed by atoms with Crippen LogP contribution in [0.3, 0.4) is 0 Å². The van der Waals surface area contributed by atoms with Gasteiger partial charge in [0.25, 0.3) is 0 Å². The first-order valence-electron chi connectivity index (χ1n) is 13.7. The zero-order valence-corrected chi connectivity index (χ0v) is 23.8. The molecule has 2 aliphatic rings. The largest absolute Gasteiger partial charge is 0.419 e. The van der Waals surface area contributed by atoms with Gasteiger partial charge in [-0.2, -0.15) is 13.2 Å². The molecule has 1 N–H and O–H groups in total. The maximum absolute atomic E-state index is 14.0. The molecule has 0 bridgehead atoms. The van der Waals surface area contributed by atoms with E-state index in [0.717, 1.165) is 69.2 Å². The van der Waals surface area contributed by atoms with Crippen LogP contribution in [-0.2, 0) is 12.7 Å². The number of nitrogens with zero attached hydrogens (tertiary/aromatic N) is 5. The van der Waals surface area contributed by atoms with Crippen molar-refractivity contribution in [1.82, 2.24) is 24.7 Å². The fourth-order valence-electron chi connectivity index (χ4n) is 5.51. The van der Waals surface area contributed by atoms with E-state index in [1.165, 1.54) is 31.5 Å². The molecule has 2 saturated heterocycles. The lowest BCUT2D eigenvalue weighted by Crippen LogP contribution is -2.35. The minimum Gasteiger partial charge on any atom is -0.374 e. The predicted octanol–water partition coefficient (Wildman–Crippen LogP) is 6.61. The Labute approximate surface area is 238 Å². The number of benzene rings is 1. The molecule has 1 aromatic carbocycles. The van der Waals surface area contributed by atoms with Gasteiger partial charge in [-0.05, 0) is 70.1 Å². The maximum atomic E-state index is 14.0. The van der Waals surface area contributed by atoms with Gasteiger partial charge in [-0.1, -0.05) is 24.6 Å². The standard InChI is InChI=1S/C29H37ClF4N6/c1-4-36-27(35-3)26(30)20(2)39-14-10-21(11-15-39)28-37-25(19-40(28)17-16-38-12-6-5-7-13-38)22-8-9-24(31)23(18-22)29(32,33)34/h4,8-9,18-19,21H,1,5-7,10-17H2,2-3H3,(H,35,36)/b26-20-. The van der Waals surface area contributed by atoms with Gasteiger partial charge in [-0.15, -0.1) is 0 Å². The minimum absolute atomic E-state index is 0.131. The lowest BCUT2D eigenvalue weighted by molar-refractivity contribution is -0.139. The number of rotatable bonds is 8. The van der Waals surface area contributed by atoms with Crippen molar-refractivity contribution < 1.29 is 17.6 Å². The molecule has 1 aromatic heterocycles. The number of imidazole rings is 1. The summed E-state index contributed by atoms with van der Waals surface area (Å²) in [6.45, 7) is 10.8. The number of hydrogen-bond acceptors (Lipinski definition) is 4. The van der Waals surface area contributed by atoms with Crippen LogP contribution < -0.4 is 5.32 Å². The Morgan fingerprint density at radius 3 is 2.48 bits per heavy atom. The van der Waals surface area contributed by atoms with E-state index in [9.17, 15) is 17.6 Å². The highest BCUT2D eigenvalue weighted by Gasteiger charge is 2.35. The molecule has 0 radical (unpaired) electrons. The number of halogens is 5. The van der Waals surface area contributed by atoms with Crippen molar-refractivity contribution in [3.63, 3.8) is 0 Å². The molecule has 0 amide bonds. The zero-order chi connectivity index (χ0) is 28.9. The summed E-state index contributed by atoms with van der Waals surface area (Å²) in [5.74, 6) is 0.259. The molecule has 2 fully saturated rings. The van der Waals surface area contributed by atoms with Crippen molar-refractivity contribution in [3.8, 4) is 11.3 Å². The van der Waals surface area contributed by atoms with Crippen LogP contribution in [0.5, 0.6) is 0 Å². The third-order valence-electron chi connectivity index (χ3n) is 7.80. The number of likely N-dealkylation sites (tertiary alicyclic amines) is 2. The van der Waals surface area contributed by atoms with Crippen molar-refractivity contribution >= 4 is 17.4 Å². The van der Waals surface area contributed by atoms with Crippen molar-refractivity contribution in [2.24, 2.45) is 4.99 Å². The second kappa shape index (κ2) is 13.2. The van der Waals surface area contributed by atoms with Gasteiger partial charge in [0, 0.05) is 56.6 Å². The molecule has 0 unspecified atom stereocenters. The van der Waals surface area contributed by atoms with Crippen molar-refractivity contribution in [2.45, 2.75) is 57.7 Å². The first-order chi connectivity index (χ1) is 19.1. The van der Waals surface area contributed by atoms with E-state index in [1.54, 1.807) is 7.05 Å². The summed E-state index contributed by atoms with van der Waals surface area (Å²) >= 11 is 6.60. The Kier molecular flexibility index (Phi) is 9.94. The fraction of sp³-hybridized carbons (Fsp3) is 0.517. The lowest BCUT2D eigenvalue weighted by atomic mass is 9.95. The number of allylic oxidation sites excluding steroid dienone is 1. The van der Waals surface area contributed by atoms with E-state index >= 15 is 0 Å². The smallest absolute Gasteiger partial charge is 0.374 e. The third-order valence-corrected chi connectivity index (χ3v) is 8.26. The molecular formula is C29H37ClF4N6. The van der Waals surface area contributed by atoms with Crippen LogP contribution in [0.4, 0.5) is 17.6 Å². The van der Waals surface area contributed by atoms with Crippen molar-refractivity contribution in [2.75, 3.05) is 39.8 Å². The Morgan fingerprint density at radius 1 is 1.15 bits per heavy atom. The number of nitrogens with one attached hydrogen (secondary N) is 1. The highest BCUT2D eigenvalue weighted by atomic mass is 35.5. The summed E-state index contributed by atoms with van der Waals surface area (Å²) in [4.78, 5) is 13.7. The summed E-state index contributed by atoms with van der Waals surface area (Å²) in [6, 6.07) is 3.10. The van der Waals surface area contributed by atoms with Gasteiger partial charge >= 0.3 is 6.18 Å². The SMILES string of the molecule is C=CNC(=NC)/C(Cl)=C(\C)N1CCC(c2nc(-c3ccc(F)c(C(F)(F)F)c3)cn2CCN2CCCCC2)CC1. The monoisotopic (exact) mass is 580 g/mol. The summed E-state index contributed by atoms with van der Waals surface area (Å²) in [5, 5.41) is 3.49. The van der Waals surface area contributed by atoms with E-state index in [0.29, 0.717) is 23.1 Å². The number of hydrogen-bond donors (Lipinski definition) is 1. The van der Waals surface area contributed by atoms with E-state index in [4.69, 9.17) is 16.6 Å². The van der Waals surface area contributed by atoms with Gasteiger partial charge in [0.1, 0.15) is 22.5 Å². The fourth-order valence-corrected chi connectivity index (χ4v) is 5.77. The highest BCUT2D eigenvalue weighted by molar-refractivity contribution is 6.43. The van der Waals surface area contributed by atoms with Crippen LogP contribution in [0.25, 0.3) is 11.3 Å². The molecule has 0 atom stereocenters. The Hall–Kier alpha value is -2.85. The molecule has 40 heavy (non-hydrogen) atoms. The van der Waals surface area contributed by atoms with Crippen LogP contribution in [0.2, 0.25) is 0 Å². The van der Waals surface area contributed by atoms with Crippen LogP contribution in [0.15, 0.2) is 52.9 Å². The number of aliphatic imine (C=N–C) groups is 1. The summed E-state index contributed by atoms with van der Waals surface area (Å²) in [6.07, 6.45) is 3.81. The third kappa shape index (κ3) is 7.07.